The number of anilines is 2. The van der Waals surface area contributed by atoms with Crippen molar-refractivity contribution in [2.75, 3.05) is 10.6 Å². The van der Waals surface area contributed by atoms with E-state index >= 15 is 0 Å². The van der Waals surface area contributed by atoms with Gasteiger partial charge in [-0.15, -0.1) is 0 Å². The third-order valence-electron chi connectivity index (χ3n) is 4.49. The Labute approximate surface area is 159 Å². The van der Waals surface area contributed by atoms with Crippen molar-refractivity contribution in [2.24, 2.45) is 0 Å². The molecule has 1 aliphatic rings. The van der Waals surface area contributed by atoms with Crippen LogP contribution in [0.4, 0.5) is 29.5 Å². The molecule has 0 atom stereocenters. The number of urea groups is 1. The number of carbonyl (C=O) groups excluding carboxylic acids is 1. The maximum Gasteiger partial charge on any atom is 0.400 e. The van der Waals surface area contributed by atoms with E-state index in [1.54, 1.807) is 24.4 Å². The van der Waals surface area contributed by atoms with Gasteiger partial charge in [0.05, 0.1) is 11.2 Å². The van der Waals surface area contributed by atoms with E-state index in [-0.39, 0.29) is 24.4 Å². The van der Waals surface area contributed by atoms with Gasteiger partial charge in [-0.05, 0) is 31.0 Å². The lowest BCUT2D eigenvalue weighted by Gasteiger charge is -2.15. The second-order valence-electron chi connectivity index (χ2n) is 6.23. The highest BCUT2D eigenvalue weighted by molar-refractivity contribution is 9.10. The van der Waals surface area contributed by atoms with Gasteiger partial charge in [-0.3, -0.25) is 10.3 Å². The average molecular weight is 441 g/mol. The van der Waals surface area contributed by atoms with Crippen LogP contribution in [0.1, 0.15) is 18.5 Å². The molecule has 4 rings (SSSR count). The fourth-order valence-corrected chi connectivity index (χ4v) is 3.33. The van der Waals surface area contributed by atoms with Crippen LogP contribution >= 0.6 is 15.9 Å². The Hall–Kier alpha value is -2.62. The van der Waals surface area contributed by atoms with Crippen molar-refractivity contribution in [1.82, 2.24) is 10.1 Å². The normalized spacial score (nSPS) is 15.6. The second-order valence-corrected chi connectivity index (χ2v) is 7.08. The van der Waals surface area contributed by atoms with Gasteiger partial charge in [0.15, 0.2) is 0 Å². The molecular formula is C17H12BrF3N4O2. The highest BCUT2D eigenvalue weighted by atomic mass is 79.9. The number of aromatic nitrogens is 2. The van der Waals surface area contributed by atoms with Gasteiger partial charge in [0.2, 0.25) is 5.88 Å². The first-order chi connectivity index (χ1) is 12.8. The van der Waals surface area contributed by atoms with Crippen molar-refractivity contribution < 1.29 is 22.5 Å². The number of amides is 2. The number of fused-ring (bicyclic) bond motifs is 1. The highest BCUT2D eigenvalue weighted by Gasteiger charge is 2.66. The zero-order valence-corrected chi connectivity index (χ0v) is 15.2. The Morgan fingerprint density at radius 3 is 2.70 bits per heavy atom. The molecule has 2 amide bonds. The summed E-state index contributed by atoms with van der Waals surface area (Å²) in [7, 11) is 0. The Balaban J connectivity index is 1.51. The first-order valence-corrected chi connectivity index (χ1v) is 8.75. The minimum atomic E-state index is -4.40. The molecule has 0 radical (unpaired) electrons. The number of benzene rings is 1. The molecule has 1 saturated carbocycles. The molecule has 27 heavy (non-hydrogen) atoms. The van der Waals surface area contributed by atoms with Crippen molar-refractivity contribution in [3.63, 3.8) is 0 Å². The number of rotatable bonds is 3. The van der Waals surface area contributed by atoms with Gasteiger partial charge in [-0.1, -0.05) is 27.2 Å². The first kappa shape index (κ1) is 17.8. The fourth-order valence-electron chi connectivity index (χ4n) is 2.87. The molecule has 1 aliphatic carbocycles. The van der Waals surface area contributed by atoms with Gasteiger partial charge in [0.25, 0.3) is 0 Å². The number of pyridine rings is 1. The largest absolute Gasteiger partial charge is 0.400 e. The molecule has 2 N–H and O–H groups in total. The molecule has 1 aromatic carbocycles. The van der Waals surface area contributed by atoms with Gasteiger partial charge < -0.3 is 9.84 Å². The number of carbonyl (C=O) groups is 1. The Morgan fingerprint density at radius 1 is 1.22 bits per heavy atom. The van der Waals surface area contributed by atoms with Crippen LogP contribution in [-0.4, -0.2) is 22.3 Å². The standard InChI is InChI=1S/C17H12BrF3N4O2/c18-10-3-4-11(14-9(10)2-1-7-22-14)23-15(26)24-13-8-12(25-27-13)16(5-6-16)17(19,20)21/h1-4,7-8H,5-6H2,(H2,23,24,26). The number of halogens is 4. The van der Waals surface area contributed by atoms with E-state index in [2.05, 4.69) is 36.7 Å². The number of nitrogens with zero attached hydrogens (tertiary/aromatic N) is 2. The fraction of sp³-hybridized carbons (Fsp3) is 0.235. The van der Waals surface area contributed by atoms with E-state index in [1.165, 1.54) is 0 Å². The highest BCUT2D eigenvalue weighted by Crippen LogP contribution is 2.58. The second kappa shape index (κ2) is 6.22. The monoisotopic (exact) mass is 440 g/mol. The zero-order valence-electron chi connectivity index (χ0n) is 13.6. The van der Waals surface area contributed by atoms with Crippen molar-refractivity contribution in [1.29, 1.82) is 0 Å². The quantitative estimate of drug-likeness (QED) is 0.584. The van der Waals surface area contributed by atoms with Crippen LogP contribution in [0, 0.1) is 0 Å². The summed E-state index contributed by atoms with van der Waals surface area (Å²) in [6, 6.07) is 7.45. The number of hydrogen-bond acceptors (Lipinski definition) is 4. The van der Waals surface area contributed by atoms with Crippen LogP contribution in [0.15, 0.2) is 45.5 Å². The van der Waals surface area contributed by atoms with Crippen molar-refractivity contribution in [2.45, 2.75) is 24.4 Å². The van der Waals surface area contributed by atoms with Gasteiger partial charge in [-0.2, -0.15) is 13.2 Å². The minimum Gasteiger partial charge on any atom is -0.338 e. The minimum absolute atomic E-state index is 0.0365. The van der Waals surface area contributed by atoms with Crippen LogP contribution < -0.4 is 10.6 Å². The Morgan fingerprint density at radius 2 is 2.00 bits per heavy atom. The summed E-state index contributed by atoms with van der Waals surface area (Å²) in [5.74, 6) is -0.160. The molecule has 0 aliphatic heterocycles. The molecule has 140 valence electrons. The summed E-state index contributed by atoms with van der Waals surface area (Å²) in [5.41, 5.74) is -1.17. The number of nitrogens with one attached hydrogen (secondary N) is 2. The molecule has 2 aromatic heterocycles. The summed E-state index contributed by atoms with van der Waals surface area (Å²) in [5, 5.41) is 9.25. The molecule has 3 aromatic rings. The summed E-state index contributed by atoms with van der Waals surface area (Å²) in [6.07, 6.45) is -2.88. The summed E-state index contributed by atoms with van der Waals surface area (Å²) >= 11 is 3.41. The molecule has 2 heterocycles. The first-order valence-electron chi connectivity index (χ1n) is 7.95. The average Bonchev–Trinajstić information content (AvgIpc) is 3.32. The molecular weight excluding hydrogens is 429 g/mol. The molecule has 0 bridgehead atoms. The topological polar surface area (TPSA) is 80.0 Å². The van der Waals surface area contributed by atoms with Crippen LogP contribution in [0.2, 0.25) is 0 Å². The third-order valence-corrected chi connectivity index (χ3v) is 5.19. The lowest BCUT2D eigenvalue weighted by atomic mass is 10.0. The van der Waals surface area contributed by atoms with E-state index in [1.807, 2.05) is 6.07 Å². The molecule has 6 nitrogen and oxygen atoms in total. The lowest BCUT2D eigenvalue weighted by Crippen LogP contribution is -2.28. The van der Waals surface area contributed by atoms with Crippen LogP contribution in [-0.2, 0) is 5.41 Å². The Kier molecular flexibility index (Phi) is 4.10. The molecule has 1 fully saturated rings. The van der Waals surface area contributed by atoms with Crippen LogP contribution in [0.5, 0.6) is 0 Å². The van der Waals surface area contributed by atoms with Gasteiger partial charge in [-0.25, -0.2) is 4.79 Å². The lowest BCUT2D eigenvalue weighted by molar-refractivity contribution is -0.161. The predicted molar refractivity (Wildman–Crippen MR) is 95.6 cm³/mol. The van der Waals surface area contributed by atoms with Crippen LogP contribution in [0.3, 0.4) is 0 Å². The molecule has 10 heteroatoms. The van der Waals surface area contributed by atoms with Crippen molar-refractivity contribution in [3.8, 4) is 0 Å². The van der Waals surface area contributed by atoms with E-state index in [4.69, 9.17) is 4.52 Å². The van der Waals surface area contributed by atoms with E-state index in [9.17, 15) is 18.0 Å². The third kappa shape index (κ3) is 3.14. The van der Waals surface area contributed by atoms with E-state index < -0.39 is 17.6 Å². The summed E-state index contributed by atoms with van der Waals surface area (Å²) in [4.78, 5) is 16.5. The van der Waals surface area contributed by atoms with Crippen molar-refractivity contribution >= 4 is 44.4 Å². The zero-order chi connectivity index (χ0) is 19.2. The smallest absolute Gasteiger partial charge is 0.338 e. The maximum atomic E-state index is 13.1. The van der Waals surface area contributed by atoms with E-state index in [0.717, 1.165) is 15.9 Å². The van der Waals surface area contributed by atoms with Gasteiger partial charge >= 0.3 is 12.2 Å². The molecule has 0 saturated heterocycles. The van der Waals surface area contributed by atoms with Gasteiger partial charge in [0, 0.05) is 22.1 Å². The molecule has 0 unspecified atom stereocenters. The summed E-state index contributed by atoms with van der Waals surface area (Å²) < 4.78 is 45.1. The Bertz CT molecular complexity index is 1030. The number of hydrogen-bond donors (Lipinski definition) is 2. The number of alkyl halides is 3. The van der Waals surface area contributed by atoms with E-state index in [0.29, 0.717) is 11.2 Å². The predicted octanol–water partition coefficient (Wildman–Crippen LogP) is 5.22. The SMILES string of the molecule is O=C(Nc1cc(C2(C(F)(F)F)CC2)no1)Nc1ccc(Br)c2cccnc12. The van der Waals surface area contributed by atoms with Gasteiger partial charge in [0.1, 0.15) is 11.1 Å². The van der Waals surface area contributed by atoms with Crippen LogP contribution in [0.25, 0.3) is 10.9 Å². The molecule has 0 spiro atoms. The maximum absolute atomic E-state index is 13.1. The summed E-state index contributed by atoms with van der Waals surface area (Å²) in [6.45, 7) is 0. The van der Waals surface area contributed by atoms with Crippen molar-refractivity contribution in [3.05, 3.63) is 46.7 Å².